The Balaban J connectivity index is 1.48. The molecule has 1 aromatic carbocycles. The molecular weight excluding hydrogens is 445 g/mol. The zero-order valence-corrected chi connectivity index (χ0v) is 18.9. The predicted octanol–water partition coefficient (Wildman–Crippen LogP) is 1.25. The quantitative estimate of drug-likeness (QED) is 0.373. The van der Waals surface area contributed by atoms with Crippen LogP contribution in [-0.4, -0.2) is 76.4 Å². The molecule has 5 amide bonds. The van der Waals surface area contributed by atoms with Crippen LogP contribution in [0.5, 0.6) is 0 Å². The molecule has 1 saturated heterocycles. The summed E-state index contributed by atoms with van der Waals surface area (Å²) in [5, 5.41) is 15.5. The second-order valence-electron chi connectivity index (χ2n) is 8.37. The van der Waals surface area contributed by atoms with E-state index < -0.39 is 29.8 Å². The third-order valence-electron chi connectivity index (χ3n) is 5.88. The summed E-state index contributed by atoms with van der Waals surface area (Å²) in [4.78, 5) is 54.3. The molecule has 34 heavy (non-hydrogen) atoms. The molecule has 1 aromatic heterocycles. The van der Waals surface area contributed by atoms with E-state index in [1.54, 1.807) is 19.9 Å². The molecule has 1 unspecified atom stereocenters. The zero-order chi connectivity index (χ0) is 24.7. The molecule has 0 aliphatic carbocycles. The molecule has 2 aliphatic heterocycles. The average Bonchev–Trinajstić information content (AvgIpc) is 3.32. The Kier molecular flexibility index (Phi) is 5.96. The van der Waals surface area contributed by atoms with E-state index in [0.717, 1.165) is 4.90 Å². The number of aliphatic hydroxyl groups excluding tert-OH is 1. The van der Waals surface area contributed by atoms with E-state index in [1.807, 2.05) is 0 Å². The van der Waals surface area contributed by atoms with Crippen LogP contribution in [0.25, 0.3) is 11.6 Å². The second kappa shape index (κ2) is 8.75. The summed E-state index contributed by atoms with van der Waals surface area (Å²) in [6.07, 6.45) is 0.424. The summed E-state index contributed by atoms with van der Waals surface area (Å²) < 4.78 is 13.7. The molecule has 0 radical (unpaired) electrons. The summed E-state index contributed by atoms with van der Waals surface area (Å²) >= 11 is 0. The van der Waals surface area contributed by atoms with E-state index in [9.17, 15) is 28.7 Å². The normalized spacial score (nSPS) is 17.4. The van der Waals surface area contributed by atoms with Gasteiger partial charge in [0.25, 0.3) is 11.8 Å². The first kappa shape index (κ1) is 23.2. The fourth-order valence-electron chi connectivity index (χ4n) is 4.13. The lowest BCUT2D eigenvalue weighted by Crippen LogP contribution is -2.43. The van der Waals surface area contributed by atoms with E-state index in [4.69, 9.17) is 0 Å². The minimum atomic E-state index is -1.14. The first-order chi connectivity index (χ1) is 16.1. The van der Waals surface area contributed by atoms with E-state index in [1.165, 1.54) is 30.1 Å². The van der Waals surface area contributed by atoms with E-state index in [2.05, 4.69) is 15.6 Å². The topological polar surface area (TPSA) is 135 Å². The Morgan fingerprint density at radius 1 is 1.29 bits per heavy atom. The number of nitrogens with zero attached hydrogens (tertiary/aromatic N) is 2. The van der Waals surface area contributed by atoms with E-state index >= 15 is 0 Å². The van der Waals surface area contributed by atoms with Crippen molar-refractivity contribution in [3.05, 3.63) is 52.1 Å². The van der Waals surface area contributed by atoms with Gasteiger partial charge in [-0.2, -0.15) is 0 Å². The summed E-state index contributed by atoms with van der Waals surface area (Å²) in [6, 6.07) is 3.52. The van der Waals surface area contributed by atoms with Gasteiger partial charge in [-0.3, -0.25) is 19.3 Å². The lowest BCUT2D eigenvalue weighted by molar-refractivity contribution is -0.126. The molecule has 4 rings (SSSR count). The van der Waals surface area contributed by atoms with Gasteiger partial charge in [-0.05, 0) is 43.7 Å². The van der Waals surface area contributed by atoms with Crippen molar-refractivity contribution in [2.24, 2.45) is 0 Å². The summed E-state index contributed by atoms with van der Waals surface area (Å²) in [6.45, 7) is 2.95. The number of aromatic amines is 1. The number of hydrogen-bond acceptors (Lipinski definition) is 5. The monoisotopic (exact) mass is 469 g/mol. The van der Waals surface area contributed by atoms with Gasteiger partial charge in [0.15, 0.2) is 0 Å². The van der Waals surface area contributed by atoms with Gasteiger partial charge in [0.05, 0.1) is 23.8 Å². The number of hydrogen-bond donors (Lipinski definition) is 4. The third kappa shape index (κ3) is 4.17. The highest BCUT2D eigenvalue weighted by atomic mass is 19.1. The minimum absolute atomic E-state index is 0.0485. The van der Waals surface area contributed by atoms with Gasteiger partial charge in [0.1, 0.15) is 12.4 Å². The molecule has 178 valence electrons. The lowest BCUT2D eigenvalue weighted by Gasteiger charge is -2.18. The van der Waals surface area contributed by atoms with Crippen molar-refractivity contribution in [2.75, 3.05) is 32.0 Å². The Morgan fingerprint density at radius 2 is 2.03 bits per heavy atom. The van der Waals surface area contributed by atoms with Gasteiger partial charge >= 0.3 is 6.03 Å². The van der Waals surface area contributed by atoms with Crippen LogP contribution in [0.2, 0.25) is 0 Å². The van der Waals surface area contributed by atoms with Gasteiger partial charge in [-0.1, -0.05) is 0 Å². The summed E-state index contributed by atoms with van der Waals surface area (Å²) in [7, 11) is 1.49. The number of amides is 5. The molecule has 10 nitrogen and oxygen atoms in total. The standard InChI is InChI=1S/C23H24FN5O5/c1-11-18(7-16-15-6-13(24)4-5-17(15)27-21(16)32)26-12(2)20(11)22(33)25-8-14(30)9-29-19(31)10-28(3)23(29)34/h4-7,14,26,30H,8-10H2,1-3H3,(H,25,33)(H,27,32). The number of fused-ring (bicyclic) bond motifs is 1. The van der Waals surface area contributed by atoms with Crippen molar-refractivity contribution in [3.8, 4) is 0 Å². The Morgan fingerprint density at radius 3 is 2.71 bits per heavy atom. The Labute approximate surface area is 194 Å². The highest BCUT2D eigenvalue weighted by Gasteiger charge is 2.34. The largest absolute Gasteiger partial charge is 0.389 e. The van der Waals surface area contributed by atoms with Crippen LogP contribution in [0.1, 0.15) is 32.9 Å². The van der Waals surface area contributed by atoms with Crippen molar-refractivity contribution in [1.29, 1.82) is 0 Å². The Bertz CT molecular complexity index is 1250. The van der Waals surface area contributed by atoms with Gasteiger partial charge in [-0.15, -0.1) is 0 Å². The molecule has 0 spiro atoms. The number of nitrogens with one attached hydrogen (secondary N) is 3. The molecule has 0 bridgehead atoms. The molecule has 4 N–H and O–H groups in total. The SMILES string of the molecule is Cc1[nH]c(C=C2C(=O)Nc3ccc(F)cc32)c(C)c1C(=O)NCC(O)CN1C(=O)CN(C)C1=O. The number of halogens is 1. The second-order valence-corrected chi connectivity index (χ2v) is 8.37. The molecule has 0 saturated carbocycles. The molecule has 2 aliphatic rings. The smallest absolute Gasteiger partial charge is 0.327 e. The number of aromatic nitrogens is 1. The minimum Gasteiger partial charge on any atom is -0.389 e. The van der Waals surface area contributed by atoms with E-state index in [0.29, 0.717) is 33.8 Å². The van der Waals surface area contributed by atoms with Gasteiger partial charge in [0, 0.05) is 36.2 Å². The number of H-pyrrole nitrogens is 1. The van der Waals surface area contributed by atoms with Crippen molar-refractivity contribution >= 4 is 41.1 Å². The number of rotatable bonds is 6. The van der Waals surface area contributed by atoms with Crippen LogP contribution in [0.3, 0.4) is 0 Å². The maximum absolute atomic E-state index is 13.7. The average molecular weight is 469 g/mol. The number of aliphatic hydroxyl groups is 1. The molecule has 3 heterocycles. The van der Waals surface area contributed by atoms with Crippen molar-refractivity contribution in [3.63, 3.8) is 0 Å². The van der Waals surface area contributed by atoms with Crippen molar-refractivity contribution < 1.29 is 28.7 Å². The maximum atomic E-state index is 13.7. The third-order valence-corrected chi connectivity index (χ3v) is 5.88. The Hall–Kier alpha value is -3.99. The highest BCUT2D eigenvalue weighted by Crippen LogP contribution is 2.34. The summed E-state index contributed by atoms with van der Waals surface area (Å²) in [5.41, 5.74) is 3.17. The van der Waals surface area contributed by atoms with Crippen LogP contribution in [0, 0.1) is 19.7 Å². The molecular formula is C23H24FN5O5. The number of carbonyl (C=O) groups is 4. The molecule has 11 heteroatoms. The lowest BCUT2D eigenvalue weighted by atomic mass is 10.0. The van der Waals surface area contributed by atoms with Crippen LogP contribution < -0.4 is 10.6 Å². The fourth-order valence-corrected chi connectivity index (χ4v) is 4.13. The highest BCUT2D eigenvalue weighted by molar-refractivity contribution is 6.34. The number of likely N-dealkylation sites (N-methyl/N-ethyl adjacent to an activating group) is 1. The fraction of sp³-hybridized carbons (Fsp3) is 0.304. The number of anilines is 1. The van der Waals surface area contributed by atoms with Gasteiger partial charge in [-0.25, -0.2) is 9.18 Å². The van der Waals surface area contributed by atoms with Gasteiger partial charge < -0.3 is 25.6 Å². The molecule has 1 fully saturated rings. The van der Waals surface area contributed by atoms with Crippen molar-refractivity contribution in [1.82, 2.24) is 20.1 Å². The number of imide groups is 1. The number of carbonyl (C=O) groups excluding carboxylic acids is 4. The van der Waals surface area contributed by atoms with E-state index in [-0.39, 0.29) is 31.1 Å². The number of urea groups is 1. The van der Waals surface area contributed by atoms with Crippen LogP contribution in [0.4, 0.5) is 14.9 Å². The van der Waals surface area contributed by atoms with Crippen molar-refractivity contribution in [2.45, 2.75) is 20.0 Å². The summed E-state index contributed by atoms with van der Waals surface area (Å²) in [5.74, 6) is -1.72. The predicted molar refractivity (Wildman–Crippen MR) is 121 cm³/mol. The number of benzene rings is 1. The zero-order valence-electron chi connectivity index (χ0n) is 18.9. The van der Waals surface area contributed by atoms with Crippen LogP contribution >= 0.6 is 0 Å². The first-order valence-electron chi connectivity index (χ1n) is 10.6. The van der Waals surface area contributed by atoms with Crippen LogP contribution in [-0.2, 0) is 9.59 Å². The maximum Gasteiger partial charge on any atom is 0.327 e. The number of aryl methyl sites for hydroxylation is 1. The molecule has 2 aromatic rings. The first-order valence-corrected chi connectivity index (χ1v) is 10.6. The van der Waals surface area contributed by atoms with Crippen LogP contribution in [0.15, 0.2) is 18.2 Å². The van der Waals surface area contributed by atoms with Gasteiger partial charge in [0.2, 0.25) is 5.91 Å². The number of β-amino-alcohol motifs (C(OH)–C–C–N with tert-alkyl or cyclic N) is 1. The molecule has 1 atom stereocenters.